The molecule has 15 nitrogen and oxygen atoms in total. The minimum atomic E-state index is -5.22. The second kappa shape index (κ2) is 7.50. The summed E-state index contributed by atoms with van der Waals surface area (Å²) in [6, 6.07) is 0. The Bertz CT molecular complexity index is 1040. The Morgan fingerprint density at radius 1 is 1.32 bits per heavy atom. The third-order valence-corrected chi connectivity index (χ3v) is 8.18. The highest BCUT2D eigenvalue weighted by atomic mass is 32.7. The van der Waals surface area contributed by atoms with Crippen molar-refractivity contribution >= 4 is 43.1 Å². The van der Waals surface area contributed by atoms with E-state index in [0.717, 1.165) is 10.9 Å². The second-order valence-corrected chi connectivity index (χ2v) is 11.0. The molecule has 1 saturated heterocycles. The monoisotopic (exact) mass is 459 g/mol. The molecule has 28 heavy (non-hydrogen) atoms. The summed E-state index contributed by atoms with van der Waals surface area (Å²) in [4.78, 5) is 48.5. The maximum Gasteiger partial charge on any atom is 0.477 e. The highest BCUT2D eigenvalue weighted by molar-refractivity contribution is 8.55. The lowest BCUT2D eigenvalue weighted by Crippen LogP contribution is -2.32. The Labute approximate surface area is 159 Å². The van der Waals surface area contributed by atoms with Crippen LogP contribution in [0.4, 0.5) is 5.95 Å². The molecule has 1 aliphatic rings. The van der Waals surface area contributed by atoms with Gasteiger partial charge in [-0.25, -0.2) is 14.1 Å². The predicted molar refractivity (Wildman–Crippen MR) is 93.9 cm³/mol. The first-order chi connectivity index (χ1) is 12.9. The number of nitrogen functional groups attached to an aromatic ring is 1. The van der Waals surface area contributed by atoms with E-state index in [1.54, 1.807) is 0 Å². The first kappa shape index (κ1) is 21.4. The fourth-order valence-electron chi connectivity index (χ4n) is 2.55. The van der Waals surface area contributed by atoms with Crippen LogP contribution in [-0.2, 0) is 18.2 Å². The van der Waals surface area contributed by atoms with E-state index in [1.807, 2.05) is 0 Å². The summed E-state index contributed by atoms with van der Waals surface area (Å²) < 4.78 is 32.8. The quantitative estimate of drug-likeness (QED) is 0.237. The summed E-state index contributed by atoms with van der Waals surface area (Å²) in [5.74, 6) is -0.666. The number of fused-ring (bicyclic) bond motifs is 1. The number of aromatic amines is 1. The molecule has 156 valence electrons. The van der Waals surface area contributed by atoms with Gasteiger partial charge >= 0.3 is 14.6 Å². The minimum absolute atomic E-state index is 0.0246. The zero-order valence-corrected chi connectivity index (χ0v) is 16.2. The summed E-state index contributed by atoms with van der Waals surface area (Å²) in [6.45, 7) is -4.76. The van der Waals surface area contributed by atoms with E-state index < -0.39 is 50.5 Å². The fraction of sp³-hybridized carbons (Fsp3) is 0.500. The van der Waals surface area contributed by atoms with Crippen LogP contribution in [-0.4, -0.2) is 68.5 Å². The van der Waals surface area contributed by atoms with E-state index in [1.165, 1.54) is 0 Å². The van der Waals surface area contributed by atoms with E-state index >= 15 is 0 Å². The van der Waals surface area contributed by atoms with Crippen LogP contribution in [0.2, 0.25) is 0 Å². The van der Waals surface area contributed by atoms with E-state index in [9.17, 15) is 29.0 Å². The molecule has 2 aromatic rings. The molecule has 0 aliphatic carbocycles. The van der Waals surface area contributed by atoms with Gasteiger partial charge in [0.15, 0.2) is 17.4 Å². The van der Waals surface area contributed by atoms with Crippen LogP contribution < -0.4 is 11.3 Å². The Balaban J connectivity index is 1.79. The number of aliphatic hydroxyl groups excluding tert-OH is 2. The van der Waals surface area contributed by atoms with Crippen molar-refractivity contribution in [2.24, 2.45) is 0 Å². The van der Waals surface area contributed by atoms with Gasteiger partial charge in [0.1, 0.15) is 12.2 Å². The Hall–Kier alpha value is -1.32. The van der Waals surface area contributed by atoms with Crippen molar-refractivity contribution in [3.05, 3.63) is 16.7 Å². The van der Waals surface area contributed by atoms with Crippen molar-refractivity contribution in [3.8, 4) is 0 Å². The Morgan fingerprint density at radius 3 is 2.64 bits per heavy atom. The number of nitrogens with one attached hydrogen (secondary N) is 1. The fourth-order valence-corrected chi connectivity index (χ4v) is 6.64. The summed E-state index contributed by atoms with van der Waals surface area (Å²) in [7, 11) is -5.22. The number of phosphoric acid groups is 1. The van der Waals surface area contributed by atoms with Gasteiger partial charge < -0.3 is 35.4 Å². The van der Waals surface area contributed by atoms with Gasteiger partial charge in [-0.1, -0.05) is 0 Å². The molecule has 0 aromatic carbocycles. The van der Waals surface area contributed by atoms with Gasteiger partial charge in [-0.15, -0.1) is 0 Å². The van der Waals surface area contributed by atoms with Crippen LogP contribution in [0.15, 0.2) is 11.1 Å². The molecule has 0 radical (unpaired) electrons. The van der Waals surface area contributed by atoms with Crippen LogP contribution in [0.5, 0.6) is 0 Å². The molecular weight excluding hydrogens is 444 g/mol. The van der Waals surface area contributed by atoms with Crippen LogP contribution in [0.25, 0.3) is 11.2 Å². The number of hydrogen-bond acceptors (Lipinski definition) is 11. The molecule has 0 saturated carbocycles. The predicted octanol–water partition coefficient (Wildman–Crippen LogP) is -1.74. The maximum absolute atomic E-state index is 11.8. The zero-order chi connectivity index (χ0) is 20.9. The third-order valence-electron chi connectivity index (χ3n) is 3.67. The lowest BCUT2D eigenvalue weighted by molar-refractivity contribution is -0.0288. The standard InChI is InChI=1S/C10H15N5O10P2S/c11-10-13-7-4(8(18)14-10)12-2-15(7)9-6(17)5(16)3(24-9)1-28-27(22,23)25-26(19,20)21/h2-3,5-6,9,16-17H,1H2,(H,22,23)(H2,19,20,21)(H3,11,13,14,18). The number of aromatic nitrogens is 4. The van der Waals surface area contributed by atoms with Crippen LogP contribution in [0, 0.1) is 0 Å². The SMILES string of the molecule is Nc1nc2c(ncn2C2OC(CSP(=O)(O)OP(=O)(O)O)C(O)C2O)c(=O)[nH]1. The molecular formula is C10H15N5O10P2S. The van der Waals surface area contributed by atoms with Gasteiger partial charge in [0, 0.05) is 5.75 Å². The molecule has 5 unspecified atom stereocenters. The zero-order valence-electron chi connectivity index (χ0n) is 13.6. The summed E-state index contributed by atoms with van der Waals surface area (Å²) in [5.41, 5.74) is 4.74. The van der Waals surface area contributed by atoms with E-state index in [2.05, 4.69) is 19.3 Å². The van der Waals surface area contributed by atoms with E-state index in [4.69, 9.17) is 20.3 Å². The minimum Gasteiger partial charge on any atom is -0.387 e. The topological polar surface area (TPSA) is 243 Å². The van der Waals surface area contributed by atoms with Crippen molar-refractivity contribution in [3.63, 3.8) is 0 Å². The first-order valence-electron chi connectivity index (χ1n) is 7.36. The van der Waals surface area contributed by atoms with Crippen molar-refractivity contribution in [2.75, 3.05) is 11.5 Å². The number of hydrogen-bond donors (Lipinski definition) is 7. The van der Waals surface area contributed by atoms with Gasteiger partial charge in [0.2, 0.25) is 5.95 Å². The number of nitrogens with two attached hydrogens (primary N) is 1. The summed E-state index contributed by atoms with van der Waals surface area (Å²) >= 11 is 0.101. The molecule has 8 N–H and O–H groups in total. The molecule has 2 aromatic heterocycles. The lowest BCUT2D eigenvalue weighted by Gasteiger charge is -2.17. The lowest BCUT2D eigenvalue weighted by atomic mass is 10.1. The Kier molecular flexibility index (Phi) is 5.73. The number of ether oxygens (including phenoxy) is 1. The Morgan fingerprint density at radius 2 is 2.00 bits per heavy atom. The maximum atomic E-state index is 11.8. The molecule has 0 bridgehead atoms. The van der Waals surface area contributed by atoms with Crippen molar-refractivity contribution in [1.29, 1.82) is 0 Å². The number of H-pyrrole nitrogens is 1. The number of imidazole rings is 1. The average Bonchev–Trinajstić information content (AvgIpc) is 3.06. The molecule has 0 spiro atoms. The highest BCUT2D eigenvalue weighted by Gasteiger charge is 2.45. The highest BCUT2D eigenvalue weighted by Crippen LogP contribution is 2.65. The summed E-state index contributed by atoms with van der Waals surface area (Å²) in [6.07, 6.45) is -4.42. The van der Waals surface area contributed by atoms with Crippen molar-refractivity contribution in [2.45, 2.75) is 24.5 Å². The molecule has 5 atom stereocenters. The molecule has 18 heteroatoms. The number of anilines is 1. The van der Waals surface area contributed by atoms with E-state index in [0.29, 0.717) is 0 Å². The van der Waals surface area contributed by atoms with Crippen LogP contribution in [0.3, 0.4) is 0 Å². The smallest absolute Gasteiger partial charge is 0.387 e. The number of aliphatic hydroxyl groups is 2. The van der Waals surface area contributed by atoms with Crippen LogP contribution in [0.1, 0.15) is 6.23 Å². The first-order valence-corrected chi connectivity index (χ1v) is 12.1. The molecule has 3 rings (SSSR count). The van der Waals surface area contributed by atoms with Crippen molar-refractivity contribution in [1.82, 2.24) is 19.5 Å². The normalized spacial score (nSPS) is 27.9. The second-order valence-electron chi connectivity index (χ2n) is 5.66. The van der Waals surface area contributed by atoms with Gasteiger partial charge in [-0.05, 0) is 11.4 Å². The van der Waals surface area contributed by atoms with Crippen molar-refractivity contribution < 1.29 is 43.1 Å². The number of rotatable bonds is 6. The average molecular weight is 459 g/mol. The number of nitrogens with zero attached hydrogens (tertiary/aromatic N) is 3. The molecule has 3 heterocycles. The van der Waals surface area contributed by atoms with Gasteiger partial charge in [-0.2, -0.15) is 9.29 Å². The van der Waals surface area contributed by atoms with Gasteiger partial charge in [-0.3, -0.25) is 14.3 Å². The molecule has 0 amide bonds. The molecule has 1 fully saturated rings. The van der Waals surface area contributed by atoms with E-state index in [-0.39, 0.29) is 28.5 Å². The summed E-state index contributed by atoms with van der Waals surface area (Å²) in [5, 5.41) is 20.4. The van der Waals surface area contributed by atoms with Gasteiger partial charge in [0.05, 0.1) is 12.4 Å². The van der Waals surface area contributed by atoms with Crippen LogP contribution >= 0.6 is 26.0 Å². The largest absolute Gasteiger partial charge is 0.477 e. The van der Waals surface area contributed by atoms with Gasteiger partial charge in [0.25, 0.3) is 5.56 Å². The molecule has 1 aliphatic heterocycles. The third kappa shape index (κ3) is 4.46.